The second-order valence-corrected chi connectivity index (χ2v) is 7.20. The predicted octanol–water partition coefficient (Wildman–Crippen LogP) is 1.08. The summed E-state index contributed by atoms with van der Waals surface area (Å²) in [6, 6.07) is 8.31. The van der Waals surface area contributed by atoms with Crippen LogP contribution < -0.4 is 5.32 Å². The highest BCUT2D eigenvalue weighted by molar-refractivity contribution is 6.08. The van der Waals surface area contributed by atoms with E-state index in [0.717, 1.165) is 16.9 Å². The first-order valence-corrected chi connectivity index (χ1v) is 9.35. The second-order valence-electron chi connectivity index (χ2n) is 7.20. The fraction of sp³-hybridized carbons (Fsp3) is 0.429. The summed E-state index contributed by atoms with van der Waals surface area (Å²) < 4.78 is 4.77. The Morgan fingerprint density at radius 3 is 2.61 bits per heavy atom. The highest BCUT2D eigenvalue weighted by Crippen LogP contribution is 2.44. The quantitative estimate of drug-likeness (QED) is 0.431. The third-order valence-corrected chi connectivity index (χ3v) is 5.55. The van der Waals surface area contributed by atoms with Crippen LogP contribution in [0.3, 0.4) is 0 Å². The Hall–Kier alpha value is -2.96. The van der Waals surface area contributed by atoms with E-state index in [0.29, 0.717) is 6.42 Å². The molecule has 0 aromatic heterocycles. The zero-order valence-electron chi connectivity index (χ0n) is 15.8. The monoisotopic (exact) mass is 384 g/mol. The molecule has 1 saturated heterocycles. The number of hydrogen-bond donors (Lipinski definition) is 1. The van der Waals surface area contributed by atoms with E-state index < -0.39 is 30.4 Å². The summed E-state index contributed by atoms with van der Waals surface area (Å²) in [5, 5.41) is 2.60. The maximum atomic E-state index is 12.7. The van der Waals surface area contributed by atoms with Crippen molar-refractivity contribution < 1.29 is 23.9 Å². The van der Waals surface area contributed by atoms with Gasteiger partial charge in [0.25, 0.3) is 0 Å². The lowest BCUT2D eigenvalue weighted by atomic mass is 9.92. The van der Waals surface area contributed by atoms with E-state index in [9.17, 15) is 19.2 Å². The number of likely N-dealkylation sites (tertiary alicyclic amines) is 1. The molecular weight excluding hydrogens is 360 g/mol. The van der Waals surface area contributed by atoms with Crippen LogP contribution in [0.15, 0.2) is 43.0 Å². The molecule has 1 aromatic rings. The normalized spacial score (nSPS) is 24.6. The lowest BCUT2D eigenvalue weighted by Gasteiger charge is -2.20. The van der Waals surface area contributed by atoms with E-state index in [-0.39, 0.29) is 30.1 Å². The Labute approximate surface area is 163 Å². The SMILES string of the molecule is C=CC1CC[C@@H]2C(=O)N(CC(=O)N[C@@H](Cc3ccccc3)C(=O)OC)C(=O)[C@H]12. The number of amides is 3. The fourth-order valence-corrected chi connectivity index (χ4v) is 4.14. The first kappa shape index (κ1) is 19.8. The number of allylic oxidation sites excluding steroid dienone is 1. The first-order chi connectivity index (χ1) is 13.5. The van der Waals surface area contributed by atoms with E-state index in [4.69, 9.17) is 4.74 Å². The average Bonchev–Trinajstić information content (AvgIpc) is 3.23. The molecule has 2 aliphatic rings. The standard InChI is InChI=1S/C21H24N2O5/c1-3-14-9-10-15-18(14)20(26)23(19(15)25)12-17(24)22-16(21(27)28-2)11-13-7-5-4-6-8-13/h3-8,14-16,18H,1,9-12H2,2H3,(H,22,24)/t14?,15-,16-,18+/m0/s1. The van der Waals surface area contributed by atoms with Gasteiger partial charge in [0.05, 0.1) is 18.9 Å². The van der Waals surface area contributed by atoms with Crippen LogP contribution in [0.2, 0.25) is 0 Å². The minimum absolute atomic E-state index is 0.0320. The smallest absolute Gasteiger partial charge is 0.328 e. The molecule has 1 unspecified atom stereocenters. The minimum atomic E-state index is -0.895. The van der Waals surface area contributed by atoms with Crippen molar-refractivity contribution in [3.05, 3.63) is 48.6 Å². The lowest BCUT2D eigenvalue weighted by Crippen LogP contribution is -2.48. The predicted molar refractivity (Wildman–Crippen MR) is 101 cm³/mol. The van der Waals surface area contributed by atoms with E-state index >= 15 is 0 Å². The number of ether oxygens (including phenoxy) is 1. The summed E-state index contributed by atoms with van der Waals surface area (Å²) in [6.45, 7) is 3.35. The van der Waals surface area contributed by atoms with E-state index in [2.05, 4.69) is 11.9 Å². The molecule has 0 bridgehead atoms. The van der Waals surface area contributed by atoms with Gasteiger partial charge in [0.2, 0.25) is 17.7 Å². The highest BCUT2D eigenvalue weighted by atomic mass is 16.5. The van der Waals surface area contributed by atoms with E-state index in [1.54, 1.807) is 6.08 Å². The molecule has 28 heavy (non-hydrogen) atoms. The van der Waals surface area contributed by atoms with Gasteiger partial charge in [-0.15, -0.1) is 6.58 Å². The maximum absolute atomic E-state index is 12.7. The van der Waals surface area contributed by atoms with Crippen LogP contribution in [-0.2, 0) is 30.3 Å². The molecule has 7 nitrogen and oxygen atoms in total. The molecule has 148 valence electrons. The van der Waals surface area contributed by atoms with Gasteiger partial charge >= 0.3 is 5.97 Å². The van der Waals surface area contributed by atoms with Crippen molar-refractivity contribution in [1.82, 2.24) is 10.2 Å². The summed E-state index contributed by atoms with van der Waals surface area (Å²) >= 11 is 0. The molecule has 3 rings (SSSR count). The van der Waals surface area contributed by atoms with Crippen molar-refractivity contribution in [2.75, 3.05) is 13.7 Å². The van der Waals surface area contributed by atoms with Crippen molar-refractivity contribution in [2.45, 2.75) is 25.3 Å². The van der Waals surface area contributed by atoms with Crippen molar-refractivity contribution >= 4 is 23.7 Å². The van der Waals surface area contributed by atoms with Gasteiger partial charge in [0, 0.05) is 6.42 Å². The number of rotatable bonds is 7. The van der Waals surface area contributed by atoms with Crippen LogP contribution in [0, 0.1) is 17.8 Å². The number of hydrogen-bond acceptors (Lipinski definition) is 5. The van der Waals surface area contributed by atoms with Crippen LogP contribution in [0.25, 0.3) is 0 Å². The Kier molecular flexibility index (Phi) is 5.92. The summed E-state index contributed by atoms with van der Waals surface area (Å²) in [4.78, 5) is 50.8. The van der Waals surface area contributed by atoms with E-state index in [1.165, 1.54) is 7.11 Å². The molecule has 1 N–H and O–H groups in total. The molecular formula is C21H24N2O5. The zero-order chi connectivity index (χ0) is 20.3. The van der Waals surface area contributed by atoms with Gasteiger partial charge in [-0.1, -0.05) is 36.4 Å². The molecule has 1 aliphatic heterocycles. The molecule has 1 saturated carbocycles. The average molecular weight is 384 g/mol. The number of nitrogens with one attached hydrogen (secondary N) is 1. The number of methoxy groups -OCH3 is 1. The van der Waals surface area contributed by atoms with Gasteiger partial charge in [0.1, 0.15) is 12.6 Å². The minimum Gasteiger partial charge on any atom is -0.467 e. The van der Waals surface area contributed by atoms with Gasteiger partial charge in [0.15, 0.2) is 0 Å². The summed E-state index contributed by atoms with van der Waals surface area (Å²) in [5.41, 5.74) is 0.856. The van der Waals surface area contributed by atoms with Crippen molar-refractivity contribution in [1.29, 1.82) is 0 Å². The molecule has 1 aliphatic carbocycles. The summed E-state index contributed by atoms with van der Waals surface area (Å²) in [5.74, 6) is -2.61. The Morgan fingerprint density at radius 1 is 1.25 bits per heavy atom. The molecule has 0 spiro atoms. The van der Waals surface area contributed by atoms with Gasteiger partial charge in [-0.05, 0) is 24.3 Å². The molecule has 4 atom stereocenters. The number of fused-ring (bicyclic) bond motifs is 1. The maximum Gasteiger partial charge on any atom is 0.328 e. The number of esters is 1. The molecule has 0 radical (unpaired) electrons. The third kappa shape index (κ3) is 3.83. The van der Waals surface area contributed by atoms with Gasteiger partial charge < -0.3 is 10.1 Å². The molecule has 1 heterocycles. The number of carbonyl (C=O) groups is 4. The number of benzene rings is 1. The number of nitrogens with zero attached hydrogens (tertiary/aromatic N) is 1. The largest absolute Gasteiger partial charge is 0.467 e. The lowest BCUT2D eigenvalue weighted by molar-refractivity contribution is -0.146. The Balaban J connectivity index is 1.66. The van der Waals surface area contributed by atoms with Crippen molar-refractivity contribution in [3.63, 3.8) is 0 Å². The van der Waals surface area contributed by atoms with Crippen LogP contribution in [-0.4, -0.2) is 48.3 Å². The van der Waals surface area contributed by atoms with Gasteiger partial charge in [-0.2, -0.15) is 0 Å². The fourth-order valence-electron chi connectivity index (χ4n) is 4.14. The summed E-state index contributed by atoms with van der Waals surface area (Å²) in [7, 11) is 1.25. The zero-order valence-corrected chi connectivity index (χ0v) is 15.8. The van der Waals surface area contributed by atoms with E-state index in [1.807, 2.05) is 30.3 Å². The number of carbonyl (C=O) groups excluding carboxylic acids is 4. The molecule has 1 aromatic carbocycles. The van der Waals surface area contributed by atoms with Crippen LogP contribution in [0.4, 0.5) is 0 Å². The summed E-state index contributed by atoms with van der Waals surface area (Å²) in [6.07, 6.45) is 3.36. The van der Waals surface area contributed by atoms with Crippen LogP contribution in [0.5, 0.6) is 0 Å². The van der Waals surface area contributed by atoms with Crippen LogP contribution >= 0.6 is 0 Å². The molecule has 3 amide bonds. The van der Waals surface area contributed by atoms with Crippen molar-refractivity contribution in [3.8, 4) is 0 Å². The number of imide groups is 1. The van der Waals surface area contributed by atoms with Gasteiger partial charge in [-0.25, -0.2) is 4.79 Å². The third-order valence-electron chi connectivity index (χ3n) is 5.55. The Morgan fingerprint density at radius 2 is 1.96 bits per heavy atom. The van der Waals surface area contributed by atoms with Crippen LogP contribution in [0.1, 0.15) is 18.4 Å². The first-order valence-electron chi connectivity index (χ1n) is 9.35. The molecule has 7 heteroatoms. The Bertz CT molecular complexity index is 791. The van der Waals surface area contributed by atoms with Gasteiger partial charge in [-0.3, -0.25) is 19.3 Å². The second kappa shape index (κ2) is 8.37. The van der Waals surface area contributed by atoms with Crippen molar-refractivity contribution in [2.24, 2.45) is 17.8 Å². The topological polar surface area (TPSA) is 92.8 Å². The highest BCUT2D eigenvalue weighted by Gasteiger charge is 2.53. The molecule has 2 fully saturated rings.